The number of fused-ring (bicyclic) bond motifs is 3. The van der Waals surface area contributed by atoms with E-state index in [0.29, 0.717) is 6.04 Å². The minimum Gasteiger partial charge on any atom is -0.308 e. The second kappa shape index (κ2) is 3.87. The fraction of sp³-hybridized carbons (Fsp3) is 0.357. The van der Waals surface area contributed by atoms with Gasteiger partial charge in [-0.3, -0.25) is 0 Å². The van der Waals surface area contributed by atoms with Gasteiger partial charge in [-0.2, -0.15) is 0 Å². The van der Waals surface area contributed by atoms with Crippen LogP contribution in [-0.4, -0.2) is 11.0 Å². The van der Waals surface area contributed by atoms with Crippen LogP contribution in [0.4, 0.5) is 4.39 Å². The number of halogens is 1. The molecular formula is C14H13FN2S. The van der Waals surface area contributed by atoms with Gasteiger partial charge in [0, 0.05) is 29.4 Å². The lowest BCUT2D eigenvalue weighted by atomic mass is 10.1. The molecule has 1 fully saturated rings. The molecule has 2 aliphatic rings. The monoisotopic (exact) mass is 260 g/mol. The highest BCUT2D eigenvalue weighted by Crippen LogP contribution is 2.39. The molecule has 0 amide bonds. The Morgan fingerprint density at radius 2 is 2.28 bits per heavy atom. The molecule has 0 bridgehead atoms. The summed E-state index contributed by atoms with van der Waals surface area (Å²) in [6.45, 7) is 0.874. The third kappa shape index (κ3) is 1.76. The Kier molecular flexibility index (Phi) is 2.29. The summed E-state index contributed by atoms with van der Waals surface area (Å²) in [5.41, 5.74) is 3.26. The van der Waals surface area contributed by atoms with Crippen LogP contribution in [0.25, 0.3) is 11.3 Å². The number of nitrogens with one attached hydrogen (secondary N) is 1. The van der Waals surface area contributed by atoms with Crippen LogP contribution in [-0.2, 0) is 13.0 Å². The lowest BCUT2D eigenvalue weighted by Gasteiger charge is -2.00. The minimum absolute atomic E-state index is 0.153. The second-order valence-electron chi connectivity index (χ2n) is 5.01. The number of hydrogen-bond donors (Lipinski definition) is 1. The van der Waals surface area contributed by atoms with Crippen molar-refractivity contribution in [3.05, 3.63) is 39.5 Å². The van der Waals surface area contributed by atoms with Gasteiger partial charge in [0.2, 0.25) is 0 Å². The number of rotatable bonds is 3. The largest absolute Gasteiger partial charge is 0.308 e. The van der Waals surface area contributed by atoms with Gasteiger partial charge in [0.15, 0.2) is 0 Å². The van der Waals surface area contributed by atoms with Crippen molar-refractivity contribution in [2.45, 2.75) is 31.8 Å². The van der Waals surface area contributed by atoms with E-state index < -0.39 is 0 Å². The van der Waals surface area contributed by atoms with Gasteiger partial charge in [-0.15, -0.1) is 11.3 Å². The van der Waals surface area contributed by atoms with E-state index in [9.17, 15) is 4.39 Å². The van der Waals surface area contributed by atoms with Gasteiger partial charge in [0.25, 0.3) is 0 Å². The Morgan fingerprint density at radius 1 is 1.39 bits per heavy atom. The van der Waals surface area contributed by atoms with Gasteiger partial charge in [-0.1, -0.05) is 0 Å². The highest BCUT2D eigenvalue weighted by molar-refractivity contribution is 7.12. The van der Waals surface area contributed by atoms with E-state index in [-0.39, 0.29) is 5.82 Å². The van der Waals surface area contributed by atoms with E-state index in [4.69, 9.17) is 4.98 Å². The first-order chi connectivity index (χ1) is 8.79. The molecule has 0 unspecified atom stereocenters. The number of benzene rings is 1. The van der Waals surface area contributed by atoms with Crippen LogP contribution >= 0.6 is 11.3 Å². The Labute approximate surface area is 109 Å². The molecule has 92 valence electrons. The molecule has 2 aromatic rings. The topological polar surface area (TPSA) is 24.9 Å². The molecule has 4 heteroatoms. The van der Waals surface area contributed by atoms with Crippen LogP contribution in [0.15, 0.2) is 18.2 Å². The summed E-state index contributed by atoms with van der Waals surface area (Å²) in [7, 11) is 0. The van der Waals surface area contributed by atoms with Gasteiger partial charge in [0.05, 0.1) is 5.69 Å². The fourth-order valence-electron chi connectivity index (χ4n) is 2.44. The van der Waals surface area contributed by atoms with Gasteiger partial charge in [-0.05, 0) is 36.6 Å². The zero-order valence-corrected chi connectivity index (χ0v) is 10.7. The number of thiazole rings is 1. The van der Waals surface area contributed by atoms with Crippen molar-refractivity contribution in [2.24, 2.45) is 0 Å². The first-order valence-corrected chi connectivity index (χ1v) is 7.12. The van der Waals surface area contributed by atoms with Crippen molar-refractivity contribution >= 4 is 11.3 Å². The standard InChI is InChI=1S/C14H13FN2S/c15-9-1-4-11-8(5-9)6-12-14(11)17-13(18-12)7-16-10-2-3-10/h1,4-5,10,16H,2-3,6-7H2. The first-order valence-electron chi connectivity index (χ1n) is 6.30. The molecule has 0 radical (unpaired) electrons. The lowest BCUT2D eigenvalue weighted by Crippen LogP contribution is -2.14. The van der Waals surface area contributed by atoms with E-state index in [2.05, 4.69) is 5.32 Å². The molecule has 1 N–H and O–H groups in total. The molecule has 2 aliphatic carbocycles. The van der Waals surface area contributed by atoms with Crippen molar-refractivity contribution in [1.82, 2.24) is 10.3 Å². The van der Waals surface area contributed by atoms with Crippen LogP contribution in [0, 0.1) is 5.82 Å². The highest BCUT2D eigenvalue weighted by atomic mass is 32.1. The molecule has 18 heavy (non-hydrogen) atoms. The van der Waals surface area contributed by atoms with Crippen molar-refractivity contribution in [2.75, 3.05) is 0 Å². The number of aromatic nitrogens is 1. The summed E-state index contributed by atoms with van der Waals surface area (Å²) in [4.78, 5) is 5.98. The molecular weight excluding hydrogens is 247 g/mol. The quantitative estimate of drug-likeness (QED) is 0.782. The van der Waals surface area contributed by atoms with Crippen molar-refractivity contribution in [3.8, 4) is 11.3 Å². The molecule has 0 atom stereocenters. The number of nitrogens with zero attached hydrogens (tertiary/aromatic N) is 1. The molecule has 1 aromatic carbocycles. The normalized spacial score (nSPS) is 16.7. The van der Waals surface area contributed by atoms with Gasteiger partial charge >= 0.3 is 0 Å². The van der Waals surface area contributed by atoms with E-state index in [1.807, 2.05) is 6.07 Å². The first kappa shape index (κ1) is 10.6. The average Bonchev–Trinajstić information content (AvgIpc) is 3.00. The summed E-state index contributed by atoms with van der Waals surface area (Å²) in [5.74, 6) is -0.153. The van der Waals surface area contributed by atoms with Crippen molar-refractivity contribution in [1.29, 1.82) is 0 Å². The third-order valence-electron chi connectivity index (χ3n) is 3.53. The average molecular weight is 260 g/mol. The van der Waals surface area contributed by atoms with Crippen LogP contribution in [0.3, 0.4) is 0 Å². The molecule has 0 aliphatic heterocycles. The molecule has 1 heterocycles. The maximum absolute atomic E-state index is 13.2. The van der Waals surface area contributed by atoms with Crippen LogP contribution in [0.2, 0.25) is 0 Å². The Balaban J connectivity index is 1.63. The smallest absolute Gasteiger partial charge is 0.123 e. The van der Waals surface area contributed by atoms with Crippen LogP contribution in [0.1, 0.15) is 28.3 Å². The second-order valence-corrected chi connectivity index (χ2v) is 6.18. The van der Waals surface area contributed by atoms with Crippen LogP contribution in [0.5, 0.6) is 0 Å². The summed E-state index contributed by atoms with van der Waals surface area (Å²) in [6.07, 6.45) is 3.43. The Hall–Kier alpha value is -1.26. The van der Waals surface area contributed by atoms with Gasteiger partial charge in [-0.25, -0.2) is 9.37 Å². The summed E-state index contributed by atoms with van der Waals surface area (Å²) < 4.78 is 13.2. The maximum atomic E-state index is 13.2. The maximum Gasteiger partial charge on any atom is 0.123 e. The molecule has 1 aromatic heterocycles. The van der Waals surface area contributed by atoms with E-state index in [1.54, 1.807) is 17.4 Å². The third-order valence-corrected chi connectivity index (χ3v) is 4.59. The van der Waals surface area contributed by atoms with Gasteiger partial charge < -0.3 is 5.32 Å². The Morgan fingerprint density at radius 3 is 3.11 bits per heavy atom. The van der Waals surface area contributed by atoms with Crippen LogP contribution < -0.4 is 5.32 Å². The molecule has 4 rings (SSSR count). The molecule has 1 saturated carbocycles. The van der Waals surface area contributed by atoms with E-state index >= 15 is 0 Å². The predicted octanol–water partition coefficient (Wildman–Crippen LogP) is 3.11. The minimum atomic E-state index is -0.153. The lowest BCUT2D eigenvalue weighted by molar-refractivity contribution is 0.626. The zero-order valence-electron chi connectivity index (χ0n) is 9.87. The van der Waals surface area contributed by atoms with Crippen molar-refractivity contribution < 1.29 is 4.39 Å². The fourth-order valence-corrected chi connectivity index (χ4v) is 3.49. The zero-order chi connectivity index (χ0) is 12.1. The number of hydrogen-bond acceptors (Lipinski definition) is 3. The Bertz CT molecular complexity index is 616. The van der Waals surface area contributed by atoms with E-state index in [0.717, 1.165) is 34.8 Å². The summed E-state index contributed by atoms with van der Waals surface area (Å²) in [5, 5.41) is 4.64. The highest BCUT2D eigenvalue weighted by Gasteiger charge is 2.25. The van der Waals surface area contributed by atoms with Crippen molar-refractivity contribution in [3.63, 3.8) is 0 Å². The SMILES string of the molecule is Fc1ccc2c(c1)Cc1sc(CNC3CC3)nc1-2. The predicted molar refractivity (Wildman–Crippen MR) is 70.2 cm³/mol. The molecule has 0 saturated heterocycles. The molecule has 2 nitrogen and oxygen atoms in total. The summed E-state index contributed by atoms with van der Waals surface area (Å²) in [6, 6.07) is 5.72. The summed E-state index contributed by atoms with van der Waals surface area (Å²) >= 11 is 1.76. The molecule has 0 spiro atoms. The van der Waals surface area contributed by atoms with E-state index in [1.165, 1.54) is 23.8 Å². The van der Waals surface area contributed by atoms with Gasteiger partial charge in [0.1, 0.15) is 10.8 Å².